The summed E-state index contributed by atoms with van der Waals surface area (Å²) in [6.07, 6.45) is 7.56. The molecule has 2 nitrogen and oxygen atoms in total. The molecular weight excluding hydrogens is 312 g/mol. The lowest BCUT2D eigenvalue weighted by Gasteiger charge is -2.31. The van der Waals surface area contributed by atoms with Gasteiger partial charge in [0.2, 0.25) is 0 Å². The van der Waals surface area contributed by atoms with Gasteiger partial charge in [0, 0.05) is 29.3 Å². The number of likely N-dealkylation sites (tertiary alicyclic amines) is 1. The maximum absolute atomic E-state index is 6.08. The standard InChI is InChI=1S/C14H16BrClN2/c1-2-7-18-8-5-11(6-9-18)17-12-3-4-13(15)14(16)10-12/h1,3-4,10-11,17H,5-9H2. The molecule has 0 spiro atoms. The molecule has 0 unspecified atom stereocenters. The Bertz CT molecular complexity index is 448. The van der Waals surface area contributed by atoms with E-state index in [2.05, 4.69) is 32.1 Å². The van der Waals surface area contributed by atoms with Crippen LogP contribution in [0.5, 0.6) is 0 Å². The van der Waals surface area contributed by atoms with Crippen molar-refractivity contribution in [3.8, 4) is 12.3 Å². The highest BCUT2D eigenvalue weighted by molar-refractivity contribution is 9.10. The fourth-order valence-electron chi connectivity index (χ4n) is 2.19. The molecule has 0 bridgehead atoms. The minimum atomic E-state index is 0.510. The van der Waals surface area contributed by atoms with Gasteiger partial charge >= 0.3 is 0 Å². The molecule has 1 heterocycles. The lowest BCUT2D eigenvalue weighted by atomic mass is 10.0. The van der Waals surface area contributed by atoms with Crippen molar-refractivity contribution in [2.45, 2.75) is 18.9 Å². The summed E-state index contributed by atoms with van der Waals surface area (Å²) in [6, 6.07) is 6.48. The van der Waals surface area contributed by atoms with Gasteiger partial charge in [0.15, 0.2) is 0 Å². The first-order chi connectivity index (χ1) is 8.69. The lowest BCUT2D eigenvalue weighted by Crippen LogP contribution is -2.39. The molecule has 1 aliphatic heterocycles. The first-order valence-electron chi connectivity index (χ1n) is 6.06. The van der Waals surface area contributed by atoms with Crippen LogP contribution in [0.3, 0.4) is 0 Å². The molecule has 0 aromatic heterocycles. The van der Waals surface area contributed by atoms with Gasteiger partial charge < -0.3 is 5.32 Å². The van der Waals surface area contributed by atoms with Crippen LogP contribution in [0.25, 0.3) is 0 Å². The van der Waals surface area contributed by atoms with Crippen molar-refractivity contribution in [2.75, 3.05) is 25.0 Å². The molecule has 0 saturated carbocycles. The van der Waals surface area contributed by atoms with E-state index in [0.29, 0.717) is 6.04 Å². The molecule has 1 saturated heterocycles. The molecule has 18 heavy (non-hydrogen) atoms. The van der Waals surface area contributed by atoms with E-state index in [1.54, 1.807) is 0 Å². The predicted octanol–water partition coefficient (Wildman–Crippen LogP) is 3.61. The van der Waals surface area contributed by atoms with Crippen LogP contribution in [0.4, 0.5) is 5.69 Å². The Morgan fingerprint density at radius 2 is 2.17 bits per heavy atom. The Labute approximate surface area is 122 Å². The third-order valence-corrected chi connectivity index (χ3v) is 4.43. The second-order valence-corrected chi connectivity index (χ2v) is 5.79. The first kappa shape index (κ1) is 13.7. The number of halogens is 2. The number of hydrogen-bond acceptors (Lipinski definition) is 2. The van der Waals surface area contributed by atoms with Crippen LogP contribution in [0.15, 0.2) is 22.7 Å². The van der Waals surface area contributed by atoms with Gasteiger partial charge in [-0.15, -0.1) is 6.42 Å². The van der Waals surface area contributed by atoms with Crippen molar-refractivity contribution in [2.24, 2.45) is 0 Å². The summed E-state index contributed by atoms with van der Waals surface area (Å²) in [5.74, 6) is 2.70. The fraction of sp³-hybridized carbons (Fsp3) is 0.429. The number of nitrogens with one attached hydrogen (secondary N) is 1. The van der Waals surface area contributed by atoms with Crippen LogP contribution < -0.4 is 5.32 Å². The summed E-state index contributed by atoms with van der Waals surface area (Å²) in [7, 11) is 0. The largest absolute Gasteiger partial charge is 0.382 e. The fourth-order valence-corrected chi connectivity index (χ4v) is 2.61. The predicted molar refractivity (Wildman–Crippen MR) is 81.1 cm³/mol. The van der Waals surface area contributed by atoms with E-state index in [1.807, 2.05) is 18.2 Å². The highest BCUT2D eigenvalue weighted by Crippen LogP contribution is 2.26. The summed E-state index contributed by atoms with van der Waals surface area (Å²) in [6.45, 7) is 2.88. The number of hydrogen-bond donors (Lipinski definition) is 1. The Kier molecular flexibility index (Phi) is 4.94. The molecule has 0 amide bonds. The summed E-state index contributed by atoms with van der Waals surface area (Å²) in [5.41, 5.74) is 1.08. The SMILES string of the molecule is C#CCN1CCC(Nc2ccc(Br)c(Cl)c2)CC1. The molecule has 96 valence electrons. The van der Waals surface area contributed by atoms with Crippen LogP contribution in [-0.2, 0) is 0 Å². The zero-order chi connectivity index (χ0) is 13.0. The quantitative estimate of drug-likeness (QED) is 0.853. The second kappa shape index (κ2) is 6.47. The third-order valence-electron chi connectivity index (χ3n) is 3.19. The average Bonchev–Trinajstić information content (AvgIpc) is 2.37. The topological polar surface area (TPSA) is 15.3 Å². The van der Waals surface area contributed by atoms with E-state index in [9.17, 15) is 0 Å². The number of piperidine rings is 1. The number of anilines is 1. The van der Waals surface area contributed by atoms with Crippen molar-refractivity contribution in [3.63, 3.8) is 0 Å². The number of rotatable bonds is 3. The molecule has 1 fully saturated rings. The van der Waals surface area contributed by atoms with E-state index in [0.717, 1.165) is 47.7 Å². The van der Waals surface area contributed by atoms with E-state index in [1.165, 1.54) is 0 Å². The molecule has 1 aromatic carbocycles. The zero-order valence-corrected chi connectivity index (χ0v) is 12.5. The minimum absolute atomic E-state index is 0.510. The summed E-state index contributed by atoms with van der Waals surface area (Å²) in [4.78, 5) is 2.31. The van der Waals surface area contributed by atoms with Gasteiger partial charge in [-0.2, -0.15) is 0 Å². The molecule has 1 N–H and O–H groups in total. The molecule has 1 aliphatic rings. The zero-order valence-electron chi connectivity index (χ0n) is 10.1. The Morgan fingerprint density at radius 1 is 1.44 bits per heavy atom. The van der Waals surface area contributed by atoms with Gasteiger partial charge in [0.05, 0.1) is 11.6 Å². The van der Waals surface area contributed by atoms with E-state index in [-0.39, 0.29) is 0 Å². The van der Waals surface area contributed by atoms with Crippen molar-refractivity contribution in [1.82, 2.24) is 4.90 Å². The summed E-state index contributed by atoms with van der Waals surface area (Å²) in [5, 5.41) is 4.27. The van der Waals surface area contributed by atoms with Crippen molar-refractivity contribution >= 4 is 33.2 Å². The molecule has 0 aliphatic carbocycles. The highest BCUT2D eigenvalue weighted by atomic mass is 79.9. The molecule has 2 rings (SSSR count). The Hall–Kier alpha value is -0.690. The second-order valence-electron chi connectivity index (χ2n) is 4.53. The van der Waals surface area contributed by atoms with E-state index < -0.39 is 0 Å². The van der Waals surface area contributed by atoms with Crippen molar-refractivity contribution in [1.29, 1.82) is 0 Å². The lowest BCUT2D eigenvalue weighted by molar-refractivity contribution is 0.243. The molecular formula is C14H16BrClN2. The first-order valence-corrected chi connectivity index (χ1v) is 7.23. The van der Waals surface area contributed by atoms with Crippen molar-refractivity contribution in [3.05, 3.63) is 27.7 Å². The van der Waals surface area contributed by atoms with Gasteiger partial charge in [-0.05, 0) is 47.0 Å². The van der Waals surface area contributed by atoms with Crippen LogP contribution in [0.2, 0.25) is 5.02 Å². The summed E-state index contributed by atoms with van der Waals surface area (Å²) >= 11 is 9.47. The van der Waals surface area contributed by atoms with E-state index >= 15 is 0 Å². The van der Waals surface area contributed by atoms with Gasteiger partial charge in [-0.1, -0.05) is 17.5 Å². The monoisotopic (exact) mass is 326 g/mol. The maximum Gasteiger partial charge on any atom is 0.0598 e. The van der Waals surface area contributed by atoms with Gasteiger partial charge in [-0.25, -0.2) is 0 Å². The van der Waals surface area contributed by atoms with Gasteiger partial charge in [-0.3, -0.25) is 4.90 Å². The van der Waals surface area contributed by atoms with Crippen LogP contribution >= 0.6 is 27.5 Å². The Balaban J connectivity index is 1.88. The highest BCUT2D eigenvalue weighted by Gasteiger charge is 2.18. The molecule has 0 radical (unpaired) electrons. The van der Waals surface area contributed by atoms with Gasteiger partial charge in [0.1, 0.15) is 0 Å². The van der Waals surface area contributed by atoms with Crippen LogP contribution in [0, 0.1) is 12.3 Å². The molecule has 4 heteroatoms. The third kappa shape index (κ3) is 3.65. The number of nitrogens with zero attached hydrogens (tertiary/aromatic N) is 1. The maximum atomic E-state index is 6.08. The van der Waals surface area contributed by atoms with Crippen molar-refractivity contribution < 1.29 is 0 Å². The van der Waals surface area contributed by atoms with Crippen LogP contribution in [-0.4, -0.2) is 30.6 Å². The number of benzene rings is 1. The molecule has 0 atom stereocenters. The summed E-state index contributed by atoms with van der Waals surface area (Å²) < 4.78 is 0.929. The Morgan fingerprint density at radius 3 is 2.78 bits per heavy atom. The smallest absolute Gasteiger partial charge is 0.0598 e. The van der Waals surface area contributed by atoms with Gasteiger partial charge in [0.25, 0.3) is 0 Å². The minimum Gasteiger partial charge on any atom is -0.382 e. The normalized spacial score (nSPS) is 17.4. The molecule has 1 aromatic rings. The average molecular weight is 328 g/mol. The van der Waals surface area contributed by atoms with E-state index in [4.69, 9.17) is 18.0 Å². The number of terminal acetylenes is 1. The van der Waals surface area contributed by atoms with Crippen LogP contribution in [0.1, 0.15) is 12.8 Å².